The van der Waals surface area contributed by atoms with Gasteiger partial charge in [-0.3, -0.25) is 0 Å². The lowest BCUT2D eigenvalue weighted by atomic mass is 9.98. The average molecular weight is 180 g/mol. The molecule has 1 aliphatic rings. The van der Waals surface area contributed by atoms with Gasteiger partial charge in [-0.1, -0.05) is 6.92 Å². The van der Waals surface area contributed by atoms with Crippen molar-refractivity contribution in [1.82, 2.24) is 9.55 Å². The van der Waals surface area contributed by atoms with E-state index in [0.717, 1.165) is 12.2 Å². The van der Waals surface area contributed by atoms with Gasteiger partial charge in [0.05, 0.1) is 0 Å². The standard InChI is InChI=1S/C10H16N2O/c1-7-6-8(7)10(2,13)9-11-4-5-12(9)3/h4-5,7-8,13H,6H2,1-3H3. The Bertz CT molecular complexity index is 316. The molecule has 0 aliphatic heterocycles. The Hall–Kier alpha value is -0.830. The fourth-order valence-electron chi connectivity index (χ4n) is 2.12. The Kier molecular flexibility index (Phi) is 1.74. The highest BCUT2D eigenvalue weighted by Gasteiger charge is 2.49. The molecule has 0 radical (unpaired) electrons. The number of imidazole rings is 1. The molecule has 0 amide bonds. The van der Waals surface area contributed by atoms with E-state index >= 15 is 0 Å². The van der Waals surface area contributed by atoms with E-state index in [1.165, 1.54) is 0 Å². The van der Waals surface area contributed by atoms with Crippen LogP contribution in [0.2, 0.25) is 0 Å². The van der Waals surface area contributed by atoms with Gasteiger partial charge in [-0.05, 0) is 25.2 Å². The maximum Gasteiger partial charge on any atom is 0.140 e. The minimum atomic E-state index is -0.752. The first-order valence-electron chi connectivity index (χ1n) is 4.73. The molecule has 1 fully saturated rings. The molecular formula is C10H16N2O. The maximum absolute atomic E-state index is 10.3. The van der Waals surface area contributed by atoms with E-state index in [-0.39, 0.29) is 0 Å². The third kappa shape index (κ3) is 1.27. The zero-order valence-corrected chi connectivity index (χ0v) is 8.36. The number of aryl methyl sites for hydroxylation is 1. The van der Waals surface area contributed by atoms with Crippen LogP contribution in [0.15, 0.2) is 12.4 Å². The van der Waals surface area contributed by atoms with Gasteiger partial charge in [0.1, 0.15) is 11.4 Å². The van der Waals surface area contributed by atoms with Crippen LogP contribution in [0.4, 0.5) is 0 Å². The first-order chi connectivity index (χ1) is 6.03. The van der Waals surface area contributed by atoms with Crippen LogP contribution in [0.25, 0.3) is 0 Å². The molecule has 1 aliphatic carbocycles. The quantitative estimate of drug-likeness (QED) is 0.744. The fourth-order valence-corrected chi connectivity index (χ4v) is 2.12. The molecule has 0 bridgehead atoms. The summed E-state index contributed by atoms with van der Waals surface area (Å²) in [5.74, 6) is 1.79. The first kappa shape index (κ1) is 8.75. The normalized spacial score (nSPS) is 31.4. The Morgan fingerprint density at radius 3 is 2.69 bits per heavy atom. The second kappa shape index (κ2) is 2.58. The van der Waals surface area contributed by atoms with Crippen molar-refractivity contribution in [2.45, 2.75) is 25.9 Å². The molecule has 3 nitrogen and oxygen atoms in total. The average Bonchev–Trinajstić information content (AvgIpc) is 2.60. The zero-order valence-electron chi connectivity index (χ0n) is 8.36. The third-order valence-corrected chi connectivity index (χ3v) is 3.11. The van der Waals surface area contributed by atoms with E-state index in [2.05, 4.69) is 11.9 Å². The van der Waals surface area contributed by atoms with Crippen molar-refractivity contribution < 1.29 is 5.11 Å². The van der Waals surface area contributed by atoms with Gasteiger partial charge in [0.25, 0.3) is 0 Å². The maximum atomic E-state index is 10.3. The summed E-state index contributed by atoms with van der Waals surface area (Å²) in [6.45, 7) is 4.03. The second-order valence-corrected chi connectivity index (χ2v) is 4.33. The van der Waals surface area contributed by atoms with Gasteiger partial charge in [0.2, 0.25) is 0 Å². The molecule has 0 spiro atoms. The molecule has 0 aromatic carbocycles. The van der Waals surface area contributed by atoms with Crippen LogP contribution in [-0.2, 0) is 12.6 Å². The van der Waals surface area contributed by atoms with Crippen molar-refractivity contribution in [2.75, 3.05) is 0 Å². The summed E-state index contributed by atoms with van der Waals surface area (Å²) in [5.41, 5.74) is -0.752. The van der Waals surface area contributed by atoms with Gasteiger partial charge in [0.15, 0.2) is 0 Å². The summed E-state index contributed by atoms with van der Waals surface area (Å²) < 4.78 is 1.89. The molecule has 72 valence electrons. The molecule has 1 aromatic heterocycles. The Labute approximate surface area is 78.4 Å². The van der Waals surface area contributed by atoms with Crippen LogP contribution in [0.5, 0.6) is 0 Å². The predicted molar refractivity (Wildman–Crippen MR) is 50.0 cm³/mol. The van der Waals surface area contributed by atoms with Crippen LogP contribution in [0.1, 0.15) is 26.1 Å². The van der Waals surface area contributed by atoms with Crippen LogP contribution in [-0.4, -0.2) is 14.7 Å². The molecular weight excluding hydrogens is 164 g/mol. The zero-order chi connectivity index (χ0) is 9.64. The third-order valence-electron chi connectivity index (χ3n) is 3.11. The molecule has 0 saturated heterocycles. The van der Waals surface area contributed by atoms with Gasteiger partial charge in [-0.2, -0.15) is 0 Å². The van der Waals surface area contributed by atoms with E-state index in [4.69, 9.17) is 0 Å². The molecule has 3 unspecified atom stereocenters. The SMILES string of the molecule is CC1CC1C(C)(O)c1nccn1C. The lowest BCUT2D eigenvalue weighted by Gasteiger charge is -2.22. The largest absolute Gasteiger partial charge is 0.382 e. The van der Waals surface area contributed by atoms with E-state index < -0.39 is 5.60 Å². The molecule has 3 atom stereocenters. The highest BCUT2D eigenvalue weighted by Crippen LogP contribution is 2.49. The number of hydrogen-bond acceptors (Lipinski definition) is 2. The molecule has 1 heterocycles. The van der Waals surface area contributed by atoms with Crippen molar-refractivity contribution in [3.05, 3.63) is 18.2 Å². The summed E-state index contributed by atoms with van der Waals surface area (Å²) in [5, 5.41) is 10.3. The van der Waals surface area contributed by atoms with Crippen molar-refractivity contribution in [1.29, 1.82) is 0 Å². The van der Waals surface area contributed by atoms with E-state index in [0.29, 0.717) is 11.8 Å². The van der Waals surface area contributed by atoms with Gasteiger partial charge in [-0.15, -0.1) is 0 Å². The number of rotatable bonds is 2. The monoisotopic (exact) mass is 180 g/mol. The molecule has 2 rings (SSSR count). The van der Waals surface area contributed by atoms with Gasteiger partial charge < -0.3 is 9.67 Å². The summed E-state index contributed by atoms with van der Waals surface area (Å²) in [6, 6.07) is 0. The number of nitrogens with zero attached hydrogens (tertiary/aromatic N) is 2. The van der Waals surface area contributed by atoms with Gasteiger partial charge in [0, 0.05) is 19.4 Å². The van der Waals surface area contributed by atoms with Crippen molar-refractivity contribution in [2.24, 2.45) is 18.9 Å². The fraction of sp³-hybridized carbons (Fsp3) is 0.700. The lowest BCUT2D eigenvalue weighted by Crippen LogP contribution is -2.28. The molecule has 1 saturated carbocycles. The smallest absolute Gasteiger partial charge is 0.140 e. The van der Waals surface area contributed by atoms with E-state index in [1.54, 1.807) is 6.20 Å². The highest BCUT2D eigenvalue weighted by atomic mass is 16.3. The minimum Gasteiger partial charge on any atom is -0.382 e. The van der Waals surface area contributed by atoms with E-state index in [1.807, 2.05) is 24.7 Å². The van der Waals surface area contributed by atoms with E-state index in [9.17, 15) is 5.11 Å². The number of hydrogen-bond donors (Lipinski definition) is 1. The molecule has 13 heavy (non-hydrogen) atoms. The molecule has 3 heteroatoms. The summed E-state index contributed by atoms with van der Waals surface area (Å²) in [6.07, 6.45) is 4.72. The van der Waals surface area contributed by atoms with Crippen molar-refractivity contribution in [3.63, 3.8) is 0 Å². The van der Waals surface area contributed by atoms with Crippen LogP contribution in [0.3, 0.4) is 0 Å². The molecule has 1 N–H and O–H groups in total. The summed E-state index contributed by atoms with van der Waals surface area (Å²) in [7, 11) is 1.92. The Morgan fingerprint density at radius 2 is 2.31 bits per heavy atom. The number of aliphatic hydroxyl groups is 1. The Balaban J connectivity index is 2.29. The van der Waals surface area contributed by atoms with Crippen LogP contribution >= 0.6 is 0 Å². The second-order valence-electron chi connectivity index (χ2n) is 4.33. The minimum absolute atomic E-state index is 0.383. The van der Waals surface area contributed by atoms with Crippen LogP contribution < -0.4 is 0 Å². The lowest BCUT2D eigenvalue weighted by molar-refractivity contribution is 0.0167. The number of aromatic nitrogens is 2. The Morgan fingerprint density at radius 1 is 1.69 bits per heavy atom. The van der Waals surface area contributed by atoms with Crippen LogP contribution in [0, 0.1) is 11.8 Å². The topological polar surface area (TPSA) is 38.1 Å². The first-order valence-corrected chi connectivity index (χ1v) is 4.73. The molecule has 1 aromatic rings. The van der Waals surface area contributed by atoms with Crippen molar-refractivity contribution >= 4 is 0 Å². The van der Waals surface area contributed by atoms with Crippen molar-refractivity contribution in [3.8, 4) is 0 Å². The highest BCUT2D eigenvalue weighted by molar-refractivity contribution is 5.10. The van der Waals surface area contributed by atoms with Gasteiger partial charge in [-0.25, -0.2) is 4.98 Å². The summed E-state index contributed by atoms with van der Waals surface area (Å²) >= 11 is 0. The summed E-state index contributed by atoms with van der Waals surface area (Å²) in [4.78, 5) is 4.20. The van der Waals surface area contributed by atoms with Gasteiger partial charge >= 0.3 is 0 Å². The predicted octanol–water partition coefficient (Wildman–Crippen LogP) is 1.28.